The van der Waals surface area contributed by atoms with E-state index in [-0.39, 0.29) is 10.6 Å². The van der Waals surface area contributed by atoms with Crippen LogP contribution in [0.25, 0.3) is 10.1 Å². The number of hydrogen-bond acceptors (Lipinski definition) is 3. The second kappa shape index (κ2) is 3.33. The summed E-state index contributed by atoms with van der Waals surface area (Å²) in [7, 11) is 0. The van der Waals surface area contributed by atoms with Gasteiger partial charge in [0.05, 0.1) is 15.0 Å². The van der Waals surface area contributed by atoms with E-state index in [0.717, 1.165) is 20.1 Å². The molecule has 2 aromatic rings. The molecule has 0 atom stereocenters. The van der Waals surface area contributed by atoms with Crippen LogP contribution in [0.15, 0.2) is 22.0 Å². The second-order valence-electron chi connectivity index (χ2n) is 2.95. The Morgan fingerprint density at radius 2 is 2.21 bits per heavy atom. The molecule has 0 aliphatic carbocycles. The maximum Gasteiger partial charge on any atom is 0.278 e. The topological polar surface area (TPSA) is 43.1 Å². The van der Waals surface area contributed by atoms with Gasteiger partial charge in [0, 0.05) is 10.5 Å². The molecule has 0 spiro atoms. The Balaban J connectivity index is 2.92. The van der Waals surface area contributed by atoms with E-state index in [9.17, 15) is 10.1 Å². The van der Waals surface area contributed by atoms with Crippen LogP contribution in [0, 0.1) is 17.0 Å². The number of rotatable bonds is 1. The zero-order chi connectivity index (χ0) is 10.3. The Hall–Kier alpha value is -0.940. The standard InChI is InChI=1S/C9H6BrNO2S/c1-5-4-14-9-6(10)2-3-7(8(5)9)11(12)13/h2-4H,1H3. The maximum absolute atomic E-state index is 10.8. The summed E-state index contributed by atoms with van der Waals surface area (Å²) in [5.41, 5.74) is 1.14. The number of non-ortho nitro benzene ring substituents is 1. The van der Waals surface area contributed by atoms with Gasteiger partial charge in [0.1, 0.15) is 0 Å². The third-order valence-electron chi connectivity index (χ3n) is 2.03. The number of fused-ring (bicyclic) bond motifs is 1. The smallest absolute Gasteiger partial charge is 0.258 e. The minimum Gasteiger partial charge on any atom is -0.258 e. The van der Waals surface area contributed by atoms with Gasteiger partial charge < -0.3 is 0 Å². The largest absolute Gasteiger partial charge is 0.278 e. The monoisotopic (exact) mass is 271 g/mol. The number of nitro groups is 1. The van der Waals surface area contributed by atoms with Gasteiger partial charge >= 0.3 is 0 Å². The minimum atomic E-state index is -0.339. The molecule has 0 saturated carbocycles. The molecule has 0 fully saturated rings. The molecule has 0 N–H and O–H groups in total. The summed E-state index contributed by atoms with van der Waals surface area (Å²) in [5.74, 6) is 0. The van der Waals surface area contributed by atoms with E-state index in [4.69, 9.17) is 0 Å². The van der Waals surface area contributed by atoms with E-state index in [1.165, 1.54) is 17.4 Å². The summed E-state index contributed by atoms with van der Waals surface area (Å²) in [6.07, 6.45) is 0. The fourth-order valence-electron chi connectivity index (χ4n) is 1.40. The van der Waals surface area contributed by atoms with Crippen molar-refractivity contribution in [3.05, 3.63) is 37.7 Å². The Morgan fingerprint density at radius 3 is 2.86 bits per heavy atom. The summed E-state index contributed by atoms with van der Waals surface area (Å²) in [4.78, 5) is 10.4. The average Bonchev–Trinajstić information content (AvgIpc) is 2.50. The van der Waals surface area contributed by atoms with E-state index < -0.39 is 0 Å². The number of nitro benzene ring substituents is 1. The van der Waals surface area contributed by atoms with Crippen LogP contribution in [0.1, 0.15) is 5.56 Å². The van der Waals surface area contributed by atoms with Crippen LogP contribution in [-0.4, -0.2) is 4.92 Å². The molecule has 14 heavy (non-hydrogen) atoms. The first kappa shape index (κ1) is 9.61. The normalized spacial score (nSPS) is 10.7. The van der Waals surface area contributed by atoms with Crippen LogP contribution >= 0.6 is 27.3 Å². The summed E-state index contributed by atoms with van der Waals surface area (Å²) in [6.45, 7) is 1.89. The number of benzene rings is 1. The quantitative estimate of drug-likeness (QED) is 0.584. The van der Waals surface area contributed by atoms with Gasteiger partial charge in [0.2, 0.25) is 0 Å². The Morgan fingerprint density at radius 1 is 1.50 bits per heavy atom. The van der Waals surface area contributed by atoms with Crippen molar-refractivity contribution in [2.75, 3.05) is 0 Å². The van der Waals surface area contributed by atoms with E-state index in [0.29, 0.717) is 0 Å². The van der Waals surface area contributed by atoms with Crippen molar-refractivity contribution in [3.8, 4) is 0 Å². The molecular weight excluding hydrogens is 266 g/mol. The molecule has 1 aromatic heterocycles. The molecule has 0 saturated heterocycles. The van der Waals surface area contributed by atoms with Crippen molar-refractivity contribution < 1.29 is 4.92 Å². The van der Waals surface area contributed by atoms with E-state index >= 15 is 0 Å². The summed E-state index contributed by atoms with van der Waals surface area (Å²) in [5, 5.41) is 13.4. The van der Waals surface area contributed by atoms with Crippen LogP contribution < -0.4 is 0 Å². The molecule has 0 aliphatic heterocycles. The molecule has 0 amide bonds. The van der Waals surface area contributed by atoms with Crippen LogP contribution in [0.3, 0.4) is 0 Å². The van der Waals surface area contributed by atoms with Gasteiger partial charge in [0.25, 0.3) is 5.69 Å². The van der Waals surface area contributed by atoms with Crippen molar-refractivity contribution in [3.63, 3.8) is 0 Å². The lowest BCUT2D eigenvalue weighted by Gasteiger charge is -1.97. The first-order chi connectivity index (χ1) is 6.61. The minimum absolute atomic E-state index is 0.182. The maximum atomic E-state index is 10.8. The Kier molecular flexibility index (Phi) is 2.28. The Labute approximate surface area is 92.6 Å². The highest BCUT2D eigenvalue weighted by atomic mass is 79.9. The van der Waals surface area contributed by atoms with Gasteiger partial charge in [-0.2, -0.15) is 0 Å². The number of aryl methyl sites for hydroxylation is 1. The van der Waals surface area contributed by atoms with Crippen molar-refractivity contribution >= 4 is 43.0 Å². The lowest BCUT2D eigenvalue weighted by Crippen LogP contribution is -1.88. The molecule has 0 radical (unpaired) electrons. The van der Waals surface area contributed by atoms with Crippen LogP contribution in [0.2, 0.25) is 0 Å². The number of nitrogens with zero attached hydrogens (tertiary/aromatic N) is 1. The highest BCUT2D eigenvalue weighted by molar-refractivity contribution is 9.10. The van der Waals surface area contributed by atoms with Gasteiger partial charge in [-0.05, 0) is 39.9 Å². The van der Waals surface area contributed by atoms with Gasteiger partial charge in [-0.1, -0.05) is 0 Å². The molecule has 1 aromatic carbocycles. The molecule has 3 nitrogen and oxygen atoms in total. The average molecular weight is 272 g/mol. The highest BCUT2D eigenvalue weighted by Crippen LogP contribution is 2.37. The van der Waals surface area contributed by atoms with Gasteiger partial charge in [-0.25, -0.2) is 0 Å². The highest BCUT2D eigenvalue weighted by Gasteiger charge is 2.16. The summed E-state index contributed by atoms with van der Waals surface area (Å²) >= 11 is 4.90. The fraction of sp³-hybridized carbons (Fsp3) is 0.111. The van der Waals surface area contributed by atoms with Crippen LogP contribution in [-0.2, 0) is 0 Å². The fourth-order valence-corrected chi connectivity index (χ4v) is 2.99. The lowest BCUT2D eigenvalue weighted by molar-refractivity contribution is -0.383. The van der Waals surface area contributed by atoms with Gasteiger partial charge in [-0.15, -0.1) is 11.3 Å². The SMILES string of the molecule is Cc1csc2c(Br)ccc([N+](=O)[O-])c12. The van der Waals surface area contributed by atoms with Gasteiger partial charge in [-0.3, -0.25) is 10.1 Å². The van der Waals surface area contributed by atoms with Crippen molar-refractivity contribution in [1.29, 1.82) is 0 Å². The second-order valence-corrected chi connectivity index (χ2v) is 4.68. The predicted octanol–water partition coefficient (Wildman–Crippen LogP) is 3.88. The molecule has 0 aliphatic rings. The molecule has 2 rings (SSSR count). The third-order valence-corrected chi connectivity index (χ3v) is 4.09. The Bertz CT molecular complexity index is 521. The number of thiophene rings is 1. The van der Waals surface area contributed by atoms with Crippen LogP contribution in [0.5, 0.6) is 0 Å². The number of hydrogen-bond donors (Lipinski definition) is 0. The molecule has 5 heteroatoms. The molecule has 72 valence electrons. The zero-order valence-corrected chi connectivity index (χ0v) is 9.68. The first-order valence-electron chi connectivity index (χ1n) is 3.92. The summed E-state index contributed by atoms with van der Waals surface area (Å²) < 4.78 is 1.85. The van der Waals surface area contributed by atoms with E-state index in [1.807, 2.05) is 12.3 Å². The van der Waals surface area contributed by atoms with Crippen molar-refractivity contribution in [1.82, 2.24) is 0 Å². The number of halogens is 1. The van der Waals surface area contributed by atoms with E-state index in [2.05, 4.69) is 15.9 Å². The van der Waals surface area contributed by atoms with Gasteiger partial charge in [0.15, 0.2) is 0 Å². The van der Waals surface area contributed by atoms with Crippen molar-refractivity contribution in [2.24, 2.45) is 0 Å². The molecule has 1 heterocycles. The molecule has 0 unspecified atom stereocenters. The summed E-state index contributed by atoms with van der Waals surface area (Å²) in [6, 6.07) is 3.25. The third kappa shape index (κ3) is 1.33. The van der Waals surface area contributed by atoms with Crippen LogP contribution in [0.4, 0.5) is 5.69 Å². The first-order valence-corrected chi connectivity index (χ1v) is 5.59. The molecular formula is C9H6BrNO2S. The van der Waals surface area contributed by atoms with Crippen molar-refractivity contribution in [2.45, 2.75) is 6.92 Å². The lowest BCUT2D eigenvalue weighted by atomic mass is 10.1. The zero-order valence-electron chi connectivity index (χ0n) is 7.28. The molecule has 0 bridgehead atoms. The van der Waals surface area contributed by atoms with E-state index in [1.54, 1.807) is 6.07 Å². The predicted molar refractivity (Wildman–Crippen MR) is 60.9 cm³/mol.